The molecule has 0 saturated carbocycles. The van der Waals surface area contributed by atoms with Crippen molar-refractivity contribution in [1.82, 2.24) is 10.3 Å². The summed E-state index contributed by atoms with van der Waals surface area (Å²) in [6.07, 6.45) is 0. The molecule has 0 atom stereocenters. The lowest BCUT2D eigenvalue weighted by atomic mass is 10.1. The maximum absolute atomic E-state index is 11.7. The Hall–Kier alpha value is -2.24. The van der Waals surface area contributed by atoms with Crippen LogP contribution in [0.1, 0.15) is 20.8 Å². The molecule has 0 aliphatic heterocycles. The van der Waals surface area contributed by atoms with Gasteiger partial charge in [-0.3, -0.25) is 4.98 Å². The van der Waals surface area contributed by atoms with Gasteiger partial charge in [-0.2, -0.15) is 0 Å². The monoisotopic (exact) mass is 249 g/mol. The average Bonchev–Trinajstić information content (AvgIpc) is 2.53. The van der Waals surface area contributed by atoms with Crippen molar-refractivity contribution >= 4 is 22.8 Å². The number of carbonyl (C=O) groups is 1. The highest BCUT2D eigenvalue weighted by Gasteiger charge is 2.13. The molecule has 1 aromatic carbocycles. The van der Waals surface area contributed by atoms with Crippen molar-refractivity contribution in [1.29, 1.82) is 0 Å². The summed E-state index contributed by atoms with van der Waals surface area (Å²) in [6.45, 7) is 5.68. The molecule has 0 spiro atoms. The first kappa shape index (κ1) is 12.2. The lowest BCUT2D eigenvalue weighted by molar-refractivity contribution is 0.244. The zero-order chi connectivity index (χ0) is 13.3. The lowest BCUT2D eigenvalue weighted by Gasteiger charge is -2.20. The molecule has 0 saturated heterocycles. The number of oxazole rings is 1. The summed E-state index contributed by atoms with van der Waals surface area (Å²) in [5.74, 6) is -0.513. The Morgan fingerprint density at radius 1 is 1.33 bits per heavy atom. The van der Waals surface area contributed by atoms with E-state index >= 15 is 0 Å². The fourth-order valence-electron chi connectivity index (χ4n) is 1.53. The molecule has 0 unspecified atom stereocenters. The summed E-state index contributed by atoms with van der Waals surface area (Å²) in [6, 6.07) is 4.64. The smallest absolute Gasteiger partial charge is 0.408 e. The highest BCUT2D eigenvalue weighted by molar-refractivity contribution is 5.91. The third-order valence-corrected chi connectivity index (χ3v) is 2.17. The van der Waals surface area contributed by atoms with Crippen LogP contribution in [0.3, 0.4) is 0 Å². The van der Waals surface area contributed by atoms with E-state index in [1.807, 2.05) is 20.8 Å². The number of nitrogens with one attached hydrogen (secondary N) is 3. The molecule has 0 bridgehead atoms. The highest BCUT2D eigenvalue weighted by atomic mass is 16.4. The SMILES string of the molecule is CC(C)(C)NC(=O)Nc1ccc2oc(=O)[nH]c2c1. The van der Waals surface area contributed by atoms with Crippen LogP contribution in [-0.2, 0) is 0 Å². The van der Waals surface area contributed by atoms with Gasteiger partial charge in [0.2, 0.25) is 0 Å². The van der Waals surface area contributed by atoms with Gasteiger partial charge in [0.1, 0.15) is 0 Å². The van der Waals surface area contributed by atoms with Crippen LogP contribution in [0.2, 0.25) is 0 Å². The number of urea groups is 1. The highest BCUT2D eigenvalue weighted by Crippen LogP contribution is 2.16. The largest absolute Gasteiger partial charge is 0.417 e. The molecule has 18 heavy (non-hydrogen) atoms. The number of rotatable bonds is 1. The molecule has 6 nitrogen and oxygen atoms in total. The topological polar surface area (TPSA) is 87.1 Å². The van der Waals surface area contributed by atoms with Gasteiger partial charge < -0.3 is 15.1 Å². The van der Waals surface area contributed by atoms with Crippen LogP contribution < -0.4 is 16.4 Å². The Kier molecular flexibility index (Phi) is 2.86. The predicted octanol–water partition coefficient (Wildman–Crippen LogP) is 2.04. The van der Waals surface area contributed by atoms with E-state index in [1.54, 1.807) is 18.2 Å². The summed E-state index contributed by atoms with van der Waals surface area (Å²) >= 11 is 0. The molecule has 0 radical (unpaired) electrons. The van der Waals surface area contributed by atoms with Gasteiger partial charge in [0, 0.05) is 11.2 Å². The van der Waals surface area contributed by atoms with Gasteiger partial charge in [0.25, 0.3) is 0 Å². The van der Waals surface area contributed by atoms with Crippen molar-refractivity contribution in [3.63, 3.8) is 0 Å². The van der Waals surface area contributed by atoms with Crippen molar-refractivity contribution in [2.45, 2.75) is 26.3 Å². The third kappa shape index (κ3) is 2.91. The fraction of sp³-hybridized carbons (Fsp3) is 0.333. The van der Waals surface area contributed by atoms with Crippen LogP contribution in [0.15, 0.2) is 27.4 Å². The summed E-state index contributed by atoms with van der Waals surface area (Å²) in [7, 11) is 0. The number of H-pyrrole nitrogens is 1. The van der Waals surface area contributed by atoms with E-state index in [0.717, 1.165) is 0 Å². The average molecular weight is 249 g/mol. The Bertz CT molecular complexity index is 634. The van der Waals surface area contributed by atoms with Crippen LogP contribution in [0, 0.1) is 0 Å². The number of hydrogen-bond donors (Lipinski definition) is 3. The maximum Gasteiger partial charge on any atom is 0.417 e. The van der Waals surface area contributed by atoms with E-state index in [-0.39, 0.29) is 11.6 Å². The lowest BCUT2D eigenvalue weighted by Crippen LogP contribution is -2.43. The summed E-state index contributed by atoms with van der Waals surface area (Å²) in [4.78, 5) is 25.2. The Morgan fingerprint density at radius 3 is 2.72 bits per heavy atom. The van der Waals surface area contributed by atoms with Crippen molar-refractivity contribution in [2.75, 3.05) is 5.32 Å². The number of anilines is 1. The number of aromatic nitrogens is 1. The second-order valence-corrected chi connectivity index (χ2v) is 5.05. The molecule has 2 aromatic rings. The fourth-order valence-corrected chi connectivity index (χ4v) is 1.53. The minimum absolute atomic E-state index is 0.298. The minimum Gasteiger partial charge on any atom is -0.408 e. The summed E-state index contributed by atoms with van der Waals surface area (Å²) in [5, 5.41) is 5.46. The van der Waals surface area contributed by atoms with E-state index in [0.29, 0.717) is 16.8 Å². The van der Waals surface area contributed by atoms with Crippen molar-refractivity contribution in [2.24, 2.45) is 0 Å². The summed E-state index contributed by atoms with van der Waals surface area (Å²) in [5.41, 5.74) is 1.29. The molecule has 6 heteroatoms. The molecule has 0 fully saturated rings. The predicted molar refractivity (Wildman–Crippen MR) is 68.7 cm³/mol. The number of hydrogen-bond acceptors (Lipinski definition) is 3. The first-order chi connectivity index (χ1) is 8.33. The van der Waals surface area contributed by atoms with Gasteiger partial charge in [0.15, 0.2) is 5.58 Å². The van der Waals surface area contributed by atoms with Crippen LogP contribution in [0.5, 0.6) is 0 Å². The van der Waals surface area contributed by atoms with Crippen molar-refractivity contribution in [3.8, 4) is 0 Å². The number of carbonyl (C=O) groups excluding carboxylic acids is 1. The summed E-state index contributed by atoms with van der Waals surface area (Å²) < 4.78 is 4.87. The Balaban J connectivity index is 2.17. The van der Waals surface area contributed by atoms with Gasteiger partial charge in [-0.15, -0.1) is 0 Å². The van der Waals surface area contributed by atoms with Crippen LogP contribution in [0.25, 0.3) is 11.1 Å². The first-order valence-electron chi connectivity index (χ1n) is 5.55. The maximum atomic E-state index is 11.7. The Morgan fingerprint density at radius 2 is 2.06 bits per heavy atom. The minimum atomic E-state index is -0.513. The van der Waals surface area contributed by atoms with Crippen molar-refractivity contribution in [3.05, 3.63) is 28.7 Å². The number of benzene rings is 1. The van der Waals surface area contributed by atoms with Crippen LogP contribution in [0.4, 0.5) is 10.5 Å². The van der Waals surface area contributed by atoms with Crippen molar-refractivity contribution < 1.29 is 9.21 Å². The number of fused-ring (bicyclic) bond motifs is 1. The Labute approximate surface area is 103 Å². The van der Waals surface area contributed by atoms with Gasteiger partial charge >= 0.3 is 11.8 Å². The van der Waals surface area contributed by atoms with Gasteiger partial charge in [0.05, 0.1) is 5.52 Å². The molecule has 3 N–H and O–H groups in total. The molecule has 0 aliphatic rings. The second-order valence-electron chi connectivity index (χ2n) is 5.05. The van der Waals surface area contributed by atoms with Gasteiger partial charge in [-0.25, -0.2) is 9.59 Å². The quantitative estimate of drug-likeness (QED) is 0.722. The number of amides is 2. The molecule has 1 heterocycles. The molecule has 1 aromatic heterocycles. The molecule has 2 amide bonds. The van der Waals surface area contributed by atoms with Gasteiger partial charge in [-0.05, 0) is 39.0 Å². The van der Waals surface area contributed by atoms with E-state index in [1.165, 1.54) is 0 Å². The molecule has 0 aliphatic carbocycles. The van der Waals surface area contributed by atoms with Crippen LogP contribution >= 0.6 is 0 Å². The molecular formula is C12H15N3O3. The third-order valence-electron chi connectivity index (χ3n) is 2.17. The number of aromatic amines is 1. The molecule has 96 valence electrons. The van der Waals surface area contributed by atoms with E-state index in [9.17, 15) is 9.59 Å². The standard InChI is InChI=1S/C12H15N3O3/c1-12(2,3)15-10(16)13-7-4-5-9-8(6-7)14-11(17)18-9/h4-6H,1-3H3,(H,14,17)(H2,13,15,16). The second kappa shape index (κ2) is 4.21. The van der Waals surface area contributed by atoms with Crippen LogP contribution in [-0.4, -0.2) is 16.6 Å². The van der Waals surface area contributed by atoms with Gasteiger partial charge in [-0.1, -0.05) is 0 Å². The zero-order valence-electron chi connectivity index (χ0n) is 10.5. The zero-order valence-corrected chi connectivity index (χ0v) is 10.5. The van der Waals surface area contributed by atoms with E-state index < -0.39 is 5.76 Å². The van der Waals surface area contributed by atoms with E-state index in [4.69, 9.17) is 4.42 Å². The van der Waals surface area contributed by atoms with E-state index in [2.05, 4.69) is 15.6 Å². The normalized spacial score (nSPS) is 11.5. The first-order valence-corrected chi connectivity index (χ1v) is 5.55. The molecular weight excluding hydrogens is 234 g/mol. The molecule has 2 rings (SSSR count).